The first-order valence-corrected chi connectivity index (χ1v) is 13.3. The summed E-state index contributed by atoms with van der Waals surface area (Å²) in [5.74, 6) is 1.77. The molecule has 3 aromatic carbocycles. The molecule has 1 amide bonds. The lowest BCUT2D eigenvalue weighted by Crippen LogP contribution is -2.51. The third-order valence-electron chi connectivity index (χ3n) is 6.72. The fourth-order valence-corrected chi connectivity index (χ4v) is 4.39. The van der Waals surface area contributed by atoms with Gasteiger partial charge in [0.2, 0.25) is 5.90 Å². The number of hydrogen-bond acceptors (Lipinski definition) is 6. The van der Waals surface area contributed by atoms with Crippen molar-refractivity contribution in [2.45, 2.75) is 37.8 Å². The lowest BCUT2D eigenvalue weighted by atomic mass is 9.89. The first kappa shape index (κ1) is 27.9. The first-order chi connectivity index (χ1) is 19.0. The highest BCUT2D eigenvalue weighted by molar-refractivity contribution is 6.00. The van der Waals surface area contributed by atoms with Crippen molar-refractivity contribution >= 4 is 17.9 Å². The number of aliphatic imine (C=N–C) groups is 1. The highest BCUT2D eigenvalue weighted by Crippen LogP contribution is 2.33. The second-order valence-corrected chi connectivity index (χ2v) is 9.42. The third-order valence-corrected chi connectivity index (χ3v) is 6.72. The van der Waals surface area contributed by atoms with Crippen molar-refractivity contribution < 1.29 is 24.1 Å². The van der Waals surface area contributed by atoms with Crippen LogP contribution in [0.25, 0.3) is 6.08 Å². The van der Waals surface area contributed by atoms with Crippen LogP contribution >= 0.6 is 0 Å². The van der Waals surface area contributed by atoms with Gasteiger partial charge in [-0.05, 0) is 60.9 Å². The van der Waals surface area contributed by atoms with E-state index in [-0.39, 0.29) is 12.5 Å². The van der Waals surface area contributed by atoms with E-state index in [1.807, 2.05) is 97.9 Å². The molecule has 0 aliphatic carbocycles. The number of rotatable bonds is 13. The molecule has 7 nitrogen and oxygen atoms in total. The molecule has 0 saturated heterocycles. The Morgan fingerprint density at radius 3 is 2.46 bits per heavy atom. The fraction of sp³-hybridized carbons (Fsp3) is 0.312. The Morgan fingerprint density at radius 2 is 1.77 bits per heavy atom. The highest BCUT2D eigenvalue weighted by Gasteiger charge is 2.49. The lowest BCUT2D eigenvalue weighted by molar-refractivity contribution is -0.128. The maximum atomic E-state index is 13.7. The van der Waals surface area contributed by atoms with Gasteiger partial charge in [-0.25, -0.2) is 4.99 Å². The number of benzene rings is 3. The number of methoxy groups -OCH3 is 1. The van der Waals surface area contributed by atoms with E-state index in [2.05, 4.69) is 5.32 Å². The maximum absolute atomic E-state index is 13.7. The Labute approximate surface area is 230 Å². The molecule has 0 spiro atoms. The van der Waals surface area contributed by atoms with Crippen molar-refractivity contribution in [2.24, 2.45) is 4.99 Å². The standard InChI is InChI=1S/C32H36N2O5/c1-24-32(20-6-10-25-8-4-3-5-9-25,31(36)33-21-19-26-11-15-28(37-2)16-12-26)34-30(39-24)27-13-17-29(18-14-27)38-23-7-22-35/h3-6,8-18,24,35H,7,19-23H2,1-2H3,(H,33,36)/b10-6+/t24-,32-/m1/s1. The van der Waals surface area contributed by atoms with Gasteiger partial charge in [0.25, 0.3) is 5.91 Å². The monoisotopic (exact) mass is 528 g/mol. The van der Waals surface area contributed by atoms with Crippen molar-refractivity contribution in [1.29, 1.82) is 0 Å². The molecule has 0 fully saturated rings. The van der Waals surface area contributed by atoms with E-state index in [1.54, 1.807) is 7.11 Å². The summed E-state index contributed by atoms with van der Waals surface area (Å²) in [6, 6.07) is 25.2. The third kappa shape index (κ3) is 7.27. The van der Waals surface area contributed by atoms with Crippen LogP contribution in [-0.2, 0) is 16.0 Å². The number of hydrogen-bond donors (Lipinski definition) is 2. The van der Waals surface area contributed by atoms with Crippen molar-refractivity contribution in [2.75, 3.05) is 26.9 Å². The van der Waals surface area contributed by atoms with Gasteiger partial charge in [0, 0.05) is 31.6 Å². The topological polar surface area (TPSA) is 89.4 Å². The number of nitrogens with one attached hydrogen (secondary N) is 1. The predicted octanol–water partition coefficient (Wildman–Crippen LogP) is 4.82. The van der Waals surface area contributed by atoms with Gasteiger partial charge >= 0.3 is 0 Å². The zero-order valence-electron chi connectivity index (χ0n) is 22.5. The van der Waals surface area contributed by atoms with Gasteiger partial charge in [-0.1, -0.05) is 54.6 Å². The van der Waals surface area contributed by atoms with Gasteiger partial charge in [-0.3, -0.25) is 4.79 Å². The van der Waals surface area contributed by atoms with E-state index in [0.29, 0.717) is 44.1 Å². The molecule has 7 heteroatoms. The number of ether oxygens (including phenoxy) is 3. The maximum Gasteiger partial charge on any atom is 0.252 e. The number of carbonyl (C=O) groups excluding carboxylic acids is 1. The summed E-state index contributed by atoms with van der Waals surface area (Å²) in [6.45, 7) is 2.90. The molecule has 1 heterocycles. The minimum Gasteiger partial charge on any atom is -0.497 e. The summed E-state index contributed by atoms with van der Waals surface area (Å²) in [6.07, 6.45) is 5.18. The average Bonchev–Trinajstić information content (AvgIpc) is 3.31. The molecule has 0 unspecified atom stereocenters. The number of carbonyl (C=O) groups is 1. The van der Waals surface area contributed by atoms with E-state index in [4.69, 9.17) is 24.3 Å². The Morgan fingerprint density at radius 1 is 1.05 bits per heavy atom. The van der Waals surface area contributed by atoms with Gasteiger partial charge < -0.3 is 24.6 Å². The molecular weight excluding hydrogens is 492 g/mol. The van der Waals surface area contributed by atoms with E-state index < -0.39 is 11.6 Å². The minimum atomic E-state index is -1.10. The Hall–Kier alpha value is -4.10. The normalized spacial score (nSPS) is 18.4. The molecule has 0 radical (unpaired) electrons. The zero-order valence-corrected chi connectivity index (χ0v) is 22.5. The lowest BCUT2D eigenvalue weighted by Gasteiger charge is -2.27. The van der Waals surface area contributed by atoms with Gasteiger partial charge in [-0.15, -0.1) is 0 Å². The predicted molar refractivity (Wildman–Crippen MR) is 153 cm³/mol. The van der Waals surface area contributed by atoms with Crippen LogP contribution in [0.1, 0.15) is 36.5 Å². The molecule has 1 aliphatic rings. The van der Waals surface area contributed by atoms with Crippen LogP contribution in [0.2, 0.25) is 0 Å². The van der Waals surface area contributed by atoms with E-state index >= 15 is 0 Å². The first-order valence-electron chi connectivity index (χ1n) is 13.3. The minimum absolute atomic E-state index is 0.0869. The molecule has 0 saturated carbocycles. The molecule has 2 atom stereocenters. The summed E-state index contributed by atoms with van der Waals surface area (Å²) in [5, 5.41) is 12.1. The van der Waals surface area contributed by atoms with Crippen LogP contribution < -0.4 is 14.8 Å². The summed E-state index contributed by atoms with van der Waals surface area (Å²) >= 11 is 0. The zero-order chi connectivity index (χ0) is 27.5. The summed E-state index contributed by atoms with van der Waals surface area (Å²) < 4.78 is 17.0. The molecule has 0 aromatic heterocycles. The van der Waals surface area contributed by atoms with Crippen molar-refractivity contribution in [3.05, 3.63) is 102 Å². The number of amides is 1. The Kier molecular flexibility index (Phi) is 9.75. The molecular formula is C32H36N2O5. The average molecular weight is 529 g/mol. The molecule has 1 aliphatic heterocycles. The van der Waals surface area contributed by atoms with Crippen LogP contribution in [0.4, 0.5) is 0 Å². The molecule has 0 bridgehead atoms. The summed E-state index contributed by atoms with van der Waals surface area (Å²) in [5.41, 5.74) is 1.84. The van der Waals surface area contributed by atoms with Crippen molar-refractivity contribution in [3.63, 3.8) is 0 Å². The van der Waals surface area contributed by atoms with E-state index in [9.17, 15) is 4.79 Å². The Balaban J connectivity index is 1.51. The van der Waals surface area contributed by atoms with Gasteiger partial charge in [0.1, 0.15) is 17.6 Å². The summed E-state index contributed by atoms with van der Waals surface area (Å²) in [4.78, 5) is 18.6. The van der Waals surface area contributed by atoms with Crippen LogP contribution in [0.15, 0.2) is 89.9 Å². The number of nitrogens with zero attached hydrogens (tertiary/aromatic N) is 1. The molecule has 2 N–H and O–H groups in total. The van der Waals surface area contributed by atoms with Crippen molar-refractivity contribution in [3.8, 4) is 11.5 Å². The second-order valence-electron chi connectivity index (χ2n) is 9.42. The fourth-order valence-electron chi connectivity index (χ4n) is 4.39. The molecule has 3 aromatic rings. The quantitative estimate of drug-likeness (QED) is 0.311. The second kappa shape index (κ2) is 13.6. The number of aliphatic hydroxyl groups excluding tert-OH is 1. The molecule has 4 rings (SSSR count). The van der Waals surface area contributed by atoms with Crippen LogP contribution in [0.3, 0.4) is 0 Å². The van der Waals surface area contributed by atoms with Crippen LogP contribution in [0.5, 0.6) is 11.5 Å². The van der Waals surface area contributed by atoms with Gasteiger partial charge in [-0.2, -0.15) is 0 Å². The SMILES string of the molecule is COc1ccc(CCNC(=O)[C@]2(C/C=C/c3ccccc3)N=C(c3ccc(OCCCO)cc3)O[C@@H]2C)cc1. The van der Waals surface area contributed by atoms with Gasteiger partial charge in [0.05, 0.1) is 13.7 Å². The summed E-state index contributed by atoms with van der Waals surface area (Å²) in [7, 11) is 1.64. The molecule has 204 valence electrons. The van der Waals surface area contributed by atoms with Gasteiger partial charge in [0.15, 0.2) is 5.54 Å². The van der Waals surface area contributed by atoms with E-state index in [1.165, 1.54) is 0 Å². The largest absolute Gasteiger partial charge is 0.497 e. The van der Waals surface area contributed by atoms with Crippen LogP contribution in [0, 0.1) is 0 Å². The molecule has 39 heavy (non-hydrogen) atoms. The van der Waals surface area contributed by atoms with Crippen molar-refractivity contribution in [1.82, 2.24) is 5.32 Å². The number of aliphatic hydroxyl groups is 1. The van der Waals surface area contributed by atoms with Crippen LogP contribution in [-0.4, -0.2) is 55.4 Å². The highest BCUT2D eigenvalue weighted by atomic mass is 16.5. The van der Waals surface area contributed by atoms with E-state index in [0.717, 1.165) is 22.4 Å². The Bertz CT molecular complexity index is 1260. The smallest absolute Gasteiger partial charge is 0.252 e.